The third-order valence-electron chi connectivity index (χ3n) is 5.17. The molecule has 1 aliphatic heterocycles. The van der Waals surface area contributed by atoms with Gasteiger partial charge in [0.25, 0.3) is 0 Å². The van der Waals surface area contributed by atoms with Crippen LogP contribution in [0.15, 0.2) is 0 Å². The molecule has 0 aromatic rings. The van der Waals surface area contributed by atoms with Gasteiger partial charge in [-0.05, 0) is 125 Å². The van der Waals surface area contributed by atoms with Gasteiger partial charge in [0, 0.05) is 39.3 Å². The van der Waals surface area contributed by atoms with Gasteiger partial charge in [0.15, 0.2) is 0 Å². The van der Waals surface area contributed by atoms with E-state index in [1.807, 2.05) is 164 Å². The molecule has 0 unspecified atom stereocenters. The van der Waals surface area contributed by atoms with Crippen molar-refractivity contribution in [3.8, 4) is 0 Å². The minimum absolute atomic E-state index is 0.684. The highest BCUT2D eigenvalue weighted by atomic mass is 28.6. The van der Waals surface area contributed by atoms with Crippen LogP contribution in [0.2, 0.25) is 39.3 Å². The zero-order valence-electron chi connectivity index (χ0n) is 34.9. The highest BCUT2D eigenvalue weighted by molar-refractivity contribution is 6.88. The zero-order chi connectivity index (χ0) is 38.5. The van der Waals surface area contributed by atoms with Crippen LogP contribution in [0.5, 0.6) is 0 Å². The summed E-state index contributed by atoms with van der Waals surface area (Å²) < 4.78 is 82.7. The van der Waals surface area contributed by atoms with E-state index in [1.165, 1.54) is 0 Å². The summed E-state index contributed by atoms with van der Waals surface area (Å²) >= 11 is 0. The molecule has 0 atom stereocenters. The lowest BCUT2D eigenvalue weighted by Gasteiger charge is -2.50. The summed E-state index contributed by atoms with van der Waals surface area (Å²) in [4.78, 5) is 0. The van der Waals surface area contributed by atoms with Crippen molar-refractivity contribution < 1.29 is 51.2 Å². The molecule has 1 heterocycles. The fourth-order valence-corrected chi connectivity index (χ4v) is 33.8. The lowest BCUT2D eigenvalue weighted by Crippen LogP contribution is -2.73. The summed E-state index contributed by atoms with van der Waals surface area (Å²) in [5, 5.41) is 0. The van der Waals surface area contributed by atoms with Crippen LogP contribution in [-0.2, 0) is 51.2 Å². The average molecular weight is 793 g/mol. The molecule has 1 rings (SSSR count). The van der Waals surface area contributed by atoms with Crippen molar-refractivity contribution in [2.75, 3.05) is 0 Å². The van der Waals surface area contributed by atoms with E-state index in [1.54, 1.807) is 0 Å². The molecule has 0 radical (unpaired) electrons. The third-order valence-corrected chi connectivity index (χ3v) is 28.9. The second kappa shape index (κ2) is 14.6. The highest BCUT2D eigenvalue weighted by Gasteiger charge is 2.66. The summed E-state index contributed by atoms with van der Waals surface area (Å²) in [6.07, 6.45) is 0. The average Bonchev–Trinajstić information content (AvgIpc) is 2.52. The molecule has 1 aliphatic rings. The predicted octanol–water partition coefficient (Wildman–Crippen LogP) is 8.40. The molecule has 0 spiro atoms. The molecule has 18 heteroatoms. The van der Waals surface area contributed by atoms with E-state index in [0.717, 1.165) is 0 Å². The van der Waals surface area contributed by atoms with Crippen molar-refractivity contribution >= 4 is 52.8 Å². The fourth-order valence-electron chi connectivity index (χ4n) is 5.73. The molecule has 0 N–H and O–H groups in total. The third kappa shape index (κ3) is 18.5. The monoisotopic (exact) mass is 792 g/mol. The summed E-state index contributed by atoms with van der Waals surface area (Å²) in [6.45, 7) is 45.9. The van der Waals surface area contributed by atoms with E-state index in [2.05, 4.69) is 0 Å². The zero-order valence-corrected chi connectivity index (χ0v) is 40.9. The molecule has 1 saturated heterocycles. The molecule has 0 bridgehead atoms. The Balaban J connectivity index is 4.34. The SMILES string of the molecule is CC(C)(C)O[Si]1(C)O[Si](C)(OC(C)(C)C)O[Si](C)(OC(C)(C)C)O[Si](C)(OC(C)(C)C)O[Si](C)(OC(C)(C)C)O[Si](C)(OC(C)(C)C)O1. The lowest BCUT2D eigenvalue weighted by molar-refractivity contribution is -0.0464. The van der Waals surface area contributed by atoms with E-state index in [9.17, 15) is 0 Å². The van der Waals surface area contributed by atoms with Gasteiger partial charge in [0.1, 0.15) is 0 Å². The first kappa shape index (κ1) is 46.8. The molecule has 0 aromatic heterocycles. The van der Waals surface area contributed by atoms with Gasteiger partial charge in [-0.3, -0.25) is 0 Å². The largest absolute Gasteiger partial charge is 0.483 e. The molecule has 288 valence electrons. The Morgan fingerprint density at radius 2 is 0.312 bits per heavy atom. The molecule has 12 nitrogen and oxygen atoms in total. The van der Waals surface area contributed by atoms with Gasteiger partial charge < -0.3 is 51.2 Å². The van der Waals surface area contributed by atoms with Gasteiger partial charge in [0.2, 0.25) is 0 Å². The Bertz CT molecular complexity index is 838. The number of hydrogen-bond donors (Lipinski definition) is 0. The van der Waals surface area contributed by atoms with Crippen molar-refractivity contribution in [3.63, 3.8) is 0 Å². The molecule has 0 aliphatic carbocycles. The van der Waals surface area contributed by atoms with Crippen LogP contribution in [0.25, 0.3) is 0 Å². The molecule has 0 amide bonds. The van der Waals surface area contributed by atoms with Gasteiger partial charge in [0.05, 0.1) is 33.6 Å². The van der Waals surface area contributed by atoms with Crippen LogP contribution >= 0.6 is 0 Å². The Hall–Kier alpha value is 0.821. The Morgan fingerprint density at radius 1 is 0.229 bits per heavy atom. The maximum atomic E-state index is 7.06. The van der Waals surface area contributed by atoms with E-state index in [-0.39, 0.29) is 0 Å². The van der Waals surface area contributed by atoms with Gasteiger partial charge in [-0.2, -0.15) is 0 Å². The van der Waals surface area contributed by atoms with Crippen LogP contribution in [0.4, 0.5) is 0 Å². The maximum Gasteiger partial charge on any atom is 0.483 e. The molecule has 1 fully saturated rings. The van der Waals surface area contributed by atoms with Crippen molar-refractivity contribution in [2.24, 2.45) is 0 Å². The Morgan fingerprint density at radius 3 is 0.375 bits per heavy atom. The standard InChI is InChI=1S/C30H72O12Si6/c1-25(2,3)31-43(19)37-44(20,32-26(4,5)6)39-46(22,34-28(10,11)12)41-48(24,36-30(16,17)18)42-47(23,35-29(13,14)15)40-45(21,38-43)33-27(7,8)9/h1-24H3. The fraction of sp³-hybridized carbons (Fsp3) is 1.00. The molecular weight excluding hydrogens is 721 g/mol. The van der Waals surface area contributed by atoms with E-state index < -0.39 is 86.4 Å². The summed E-state index contributed by atoms with van der Waals surface area (Å²) in [7, 11) is -22.9. The van der Waals surface area contributed by atoms with Gasteiger partial charge in [-0.25, -0.2) is 0 Å². The molecule has 0 aromatic carbocycles. The summed E-state index contributed by atoms with van der Waals surface area (Å²) in [5.74, 6) is 0. The first-order chi connectivity index (χ1) is 20.5. The van der Waals surface area contributed by atoms with Crippen LogP contribution in [-0.4, -0.2) is 86.4 Å². The van der Waals surface area contributed by atoms with Crippen LogP contribution in [0.3, 0.4) is 0 Å². The summed E-state index contributed by atoms with van der Waals surface area (Å²) in [5.41, 5.74) is -4.10. The molecule has 48 heavy (non-hydrogen) atoms. The van der Waals surface area contributed by atoms with Crippen LogP contribution in [0, 0.1) is 0 Å². The topological polar surface area (TPSA) is 111 Å². The van der Waals surface area contributed by atoms with Gasteiger partial charge in [-0.15, -0.1) is 0 Å². The number of rotatable bonds is 6. The van der Waals surface area contributed by atoms with Crippen molar-refractivity contribution in [1.82, 2.24) is 0 Å². The normalized spacial score (nSPS) is 36.0. The predicted molar refractivity (Wildman–Crippen MR) is 201 cm³/mol. The maximum absolute atomic E-state index is 7.06. The smallest absolute Gasteiger partial charge is 0.373 e. The lowest BCUT2D eigenvalue weighted by atomic mass is 10.2. The van der Waals surface area contributed by atoms with Crippen molar-refractivity contribution in [3.05, 3.63) is 0 Å². The minimum atomic E-state index is -3.81. The molecule has 0 saturated carbocycles. The quantitative estimate of drug-likeness (QED) is 0.241. The van der Waals surface area contributed by atoms with Crippen molar-refractivity contribution in [1.29, 1.82) is 0 Å². The van der Waals surface area contributed by atoms with Gasteiger partial charge >= 0.3 is 52.8 Å². The highest BCUT2D eigenvalue weighted by Crippen LogP contribution is 2.39. The van der Waals surface area contributed by atoms with Crippen LogP contribution in [0.1, 0.15) is 125 Å². The van der Waals surface area contributed by atoms with Gasteiger partial charge in [-0.1, -0.05) is 0 Å². The first-order valence-electron chi connectivity index (χ1n) is 16.9. The number of hydrogen-bond acceptors (Lipinski definition) is 12. The molecular formula is C30H72O12Si6. The van der Waals surface area contributed by atoms with E-state index >= 15 is 0 Å². The summed E-state index contributed by atoms with van der Waals surface area (Å²) in [6, 6.07) is 0. The Kier molecular flexibility index (Phi) is 14.2. The van der Waals surface area contributed by atoms with Crippen molar-refractivity contribution in [2.45, 2.75) is 198 Å². The second-order valence-corrected chi connectivity index (χ2v) is 35.5. The first-order valence-corrected chi connectivity index (χ1v) is 30.2. The van der Waals surface area contributed by atoms with Crippen LogP contribution < -0.4 is 0 Å². The minimum Gasteiger partial charge on any atom is -0.373 e. The van der Waals surface area contributed by atoms with E-state index in [0.29, 0.717) is 0 Å². The second-order valence-electron chi connectivity index (χ2n) is 19.1. The Labute approximate surface area is 300 Å². The van der Waals surface area contributed by atoms with E-state index in [4.69, 9.17) is 51.2 Å².